The lowest BCUT2D eigenvalue weighted by atomic mass is 9.71. The fourth-order valence-electron chi connectivity index (χ4n) is 5.11. The minimum atomic E-state index is -4.27. The van der Waals surface area contributed by atoms with Crippen LogP contribution in [-0.4, -0.2) is 51.0 Å². The third kappa shape index (κ3) is 4.11. The van der Waals surface area contributed by atoms with Crippen LogP contribution in [0.3, 0.4) is 0 Å². The van der Waals surface area contributed by atoms with Gasteiger partial charge in [-0.25, -0.2) is 17.2 Å². The monoisotopic (exact) mass is 442 g/mol. The first-order chi connectivity index (χ1) is 14.3. The molecule has 9 heteroatoms. The molecule has 1 amide bonds. The molecular formula is C21H28F2N2O4S. The van der Waals surface area contributed by atoms with E-state index in [2.05, 4.69) is 5.32 Å². The summed E-state index contributed by atoms with van der Waals surface area (Å²) in [6.07, 6.45) is 6.32. The Morgan fingerprint density at radius 1 is 1.13 bits per heavy atom. The van der Waals surface area contributed by atoms with E-state index in [1.54, 1.807) is 0 Å². The van der Waals surface area contributed by atoms with Gasteiger partial charge in [0.05, 0.1) is 5.92 Å². The van der Waals surface area contributed by atoms with Crippen LogP contribution < -0.4 is 5.32 Å². The van der Waals surface area contributed by atoms with Gasteiger partial charge in [-0.05, 0) is 43.9 Å². The highest BCUT2D eigenvalue weighted by Crippen LogP contribution is 2.46. The van der Waals surface area contributed by atoms with E-state index in [4.69, 9.17) is 4.74 Å². The highest BCUT2D eigenvalue weighted by molar-refractivity contribution is 7.89. The number of carbonyl (C=O) groups is 1. The van der Waals surface area contributed by atoms with Crippen molar-refractivity contribution >= 4 is 15.9 Å². The highest BCUT2D eigenvalue weighted by Gasteiger charge is 2.54. The van der Waals surface area contributed by atoms with Gasteiger partial charge in [0.2, 0.25) is 15.9 Å². The van der Waals surface area contributed by atoms with Gasteiger partial charge >= 0.3 is 0 Å². The van der Waals surface area contributed by atoms with Gasteiger partial charge in [0, 0.05) is 37.8 Å². The molecule has 1 aliphatic carbocycles. The first kappa shape index (κ1) is 21.6. The summed E-state index contributed by atoms with van der Waals surface area (Å²) in [5.41, 5.74) is -0.548. The molecule has 1 saturated carbocycles. The lowest BCUT2D eigenvalue weighted by molar-refractivity contribution is -0.130. The predicted molar refractivity (Wildman–Crippen MR) is 106 cm³/mol. The maximum absolute atomic E-state index is 14.2. The number of nitrogens with zero attached hydrogens (tertiary/aromatic N) is 1. The quantitative estimate of drug-likeness (QED) is 0.778. The number of sulfonamides is 1. The molecule has 2 heterocycles. The van der Waals surface area contributed by atoms with Crippen molar-refractivity contribution in [3.63, 3.8) is 0 Å². The van der Waals surface area contributed by atoms with Crippen molar-refractivity contribution in [2.75, 3.05) is 26.3 Å². The van der Waals surface area contributed by atoms with Crippen LogP contribution in [0.25, 0.3) is 0 Å². The second-order valence-electron chi connectivity index (χ2n) is 8.74. The molecule has 0 radical (unpaired) electrons. The van der Waals surface area contributed by atoms with Gasteiger partial charge in [-0.15, -0.1) is 0 Å². The van der Waals surface area contributed by atoms with Crippen molar-refractivity contribution < 1.29 is 26.7 Å². The van der Waals surface area contributed by atoms with Crippen LogP contribution in [0.2, 0.25) is 0 Å². The second kappa shape index (κ2) is 8.51. The predicted octanol–water partition coefficient (Wildman–Crippen LogP) is 2.83. The fraction of sp³-hybridized carbons (Fsp3) is 0.667. The van der Waals surface area contributed by atoms with E-state index in [-0.39, 0.29) is 25.0 Å². The van der Waals surface area contributed by atoms with E-state index in [0.29, 0.717) is 32.1 Å². The molecule has 1 N–H and O–H groups in total. The Hall–Kier alpha value is -1.58. The molecule has 2 aliphatic heterocycles. The third-order valence-corrected chi connectivity index (χ3v) is 8.71. The Morgan fingerprint density at radius 2 is 1.83 bits per heavy atom. The number of carbonyl (C=O) groups excluding carboxylic acids is 1. The van der Waals surface area contributed by atoms with E-state index in [1.807, 2.05) is 0 Å². The standard InChI is InChI=1S/C21H28F2N2O4S/c22-15-6-7-18(23)19(12-15)30(27,28)25-13-17(21(14-25)8-10-29-11-9-21)20(26)24-16-4-2-1-3-5-16/h6-7,12,16-17H,1-5,8-11,13-14H2,(H,24,26). The molecule has 1 unspecified atom stereocenters. The minimum Gasteiger partial charge on any atom is -0.381 e. The van der Waals surface area contributed by atoms with Gasteiger partial charge in [0.25, 0.3) is 0 Å². The van der Waals surface area contributed by atoms with Gasteiger partial charge in [-0.2, -0.15) is 4.31 Å². The van der Waals surface area contributed by atoms with E-state index >= 15 is 0 Å². The minimum absolute atomic E-state index is 0.0309. The number of nitrogens with one attached hydrogen (secondary N) is 1. The summed E-state index contributed by atoms with van der Waals surface area (Å²) in [5, 5.41) is 3.13. The van der Waals surface area contributed by atoms with Gasteiger partial charge in [-0.3, -0.25) is 4.79 Å². The molecule has 2 saturated heterocycles. The zero-order chi connectivity index (χ0) is 21.4. The molecule has 4 rings (SSSR count). The number of benzene rings is 1. The topological polar surface area (TPSA) is 75.7 Å². The maximum Gasteiger partial charge on any atom is 0.246 e. The number of hydrogen-bond acceptors (Lipinski definition) is 4. The molecular weight excluding hydrogens is 414 g/mol. The van der Waals surface area contributed by atoms with Gasteiger partial charge in [0.1, 0.15) is 16.5 Å². The summed E-state index contributed by atoms with van der Waals surface area (Å²) in [7, 11) is -4.27. The first-order valence-electron chi connectivity index (χ1n) is 10.7. The van der Waals surface area contributed by atoms with Crippen LogP contribution in [0.5, 0.6) is 0 Å². The van der Waals surface area contributed by atoms with Crippen LogP contribution in [-0.2, 0) is 19.6 Å². The highest BCUT2D eigenvalue weighted by atomic mass is 32.2. The zero-order valence-corrected chi connectivity index (χ0v) is 17.7. The van der Waals surface area contributed by atoms with E-state index < -0.39 is 37.9 Å². The van der Waals surface area contributed by atoms with E-state index in [9.17, 15) is 22.0 Å². The maximum atomic E-state index is 14.2. The summed E-state index contributed by atoms with van der Waals surface area (Å²) in [4.78, 5) is 12.5. The van der Waals surface area contributed by atoms with E-state index in [1.165, 1.54) is 6.42 Å². The molecule has 0 bridgehead atoms. The molecule has 3 fully saturated rings. The molecule has 1 aromatic rings. The Labute approximate surface area is 176 Å². The Balaban J connectivity index is 1.60. The van der Waals surface area contributed by atoms with Crippen molar-refractivity contribution in [1.82, 2.24) is 9.62 Å². The number of halogens is 2. The summed E-state index contributed by atoms with van der Waals surface area (Å²) >= 11 is 0. The molecule has 0 aromatic heterocycles. The normalized spacial score (nSPS) is 25.5. The smallest absolute Gasteiger partial charge is 0.246 e. The van der Waals surface area contributed by atoms with Crippen LogP contribution in [0.4, 0.5) is 8.78 Å². The third-order valence-electron chi connectivity index (χ3n) is 6.88. The molecule has 6 nitrogen and oxygen atoms in total. The van der Waals surface area contributed by atoms with Gasteiger partial charge < -0.3 is 10.1 Å². The Kier molecular flexibility index (Phi) is 6.14. The van der Waals surface area contributed by atoms with Crippen molar-refractivity contribution in [2.24, 2.45) is 11.3 Å². The second-order valence-corrected chi connectivity index (χ2v) is 10.6. The largest absolute Gasteiger partial charge is 0.381 e. The number of amides is 1. The number of ether oxygens (including phenoxy) is 1. The number of hydrogen-bond donors (Lipinski definition) is 1. The van der Waals surface area contributed by atoms with Crippen LogP contribution in [0.1, 0.15) is 44.9 Å². The molecule has 1 spiro atoms. The molecule has 1 aromatic carbocycles. The molecule has 166 valence electrons. The van der Waals surface area contributed by atoms with Gasteiger partial charge in [0.15, 0.2) is 0 Å². The first-order valence-corrected chi connectivity index (χ1v) is 12.1. The van der Waals surface area contributed by atoms with Crippen molar-refractivity contribution in [1.29, 1.82) is 0 Å². The summed E-state index contributed by atoms with van der Waals surface area (Å²) in [6, 6.07) is 2.53. The van der Waals surface area contributed by atoms with Crippen LogP contribution in [0.15, 0.2) is 23.1 Å². The summed E-state index contributed by atoms with van der Waals surface area (Å²) < 4.78 is 60.8. The number of rotatable bonds is 4. The summed E-state index contributed by atoms with van der Waals surface area (Å²) in [6.45, 7) is 0.985. The molecule has 1 atom stereocenters. The molecule has 3 aliphatic rings. The van der Waals surface area contributed by atoms with E-state index in [0.717, 1.165) is 42.1 Å². The van der Waals surface area contributed by atoms with Crippen molar-refractivity contribution in [3.05, 3.63) is 29.8 Å². The molecule has 30 heavy (non-hydrogen) atoms. The summed E-state index contributed by atoms with van der Waals surface area (Å²) in [5.74, 6) is -2.48. The van der Waals surface area contributed by atoms with Crippen molar-refractivity contribution in [3.8, 4) is 0 Å². The Morgan fingerprint density at radius 3 is 2.53 bits per heavy atom. The lowest BCUT2D eigenvalue weighted by Gasteiger charge is -2.38. The fourth-order valence-corrected chi connectivity index (χ4v) is 6.74. The average Bonchev–Trinajstić information content (AvgIpc) is 3.10. The van der Waals surface area contributed by atoms with Crippen LogP contribution >= 0.6 is 0 Å². The Bertz CT molecular complexity index is 896. The van der Waals surface area contributed by atoms with Gasteiger partial charge in [-0.1, -0.05) is 19.3 Å². The average molecular weight is 443 g/mol. The lowest BCUT2D eigenvalue weighted by Crippen LogP contribution is -2.47. The van der Waals surface area contributed by atoms with Crippen molar-refractivity contribution in [2.45, 2.75) is 55.9 Å². The van der Waals surface area contributed by atoms with Crippen LogP contribution in [0, 0.1) is 23.0 Å². The SMILES string of the molecule is O=C(NC1CCCCC1)C1CN(S(=O)(=O)c2cc(F)ccc2F)CC12CCOCC2. The zero-order valence-electron chi connectivity index (χ0n) is 16.9.